The zero-order chi connectivity index (χ0) is 10.7. The largest absolute Gasteiger partial charge is 0.463 e. The summed E-state index contributed by atoms with van der Waals surface area (Å²) < 4.78 is 29.1. The summed E-state index contributed by atoms with van der Waals surface area (Å²) in [6, 6.07) is 1.22. The average molecular weight is 218 g/mol. The first kappa shape index (κ1) is 10.9. The van der Waals surface area contributed by atoms with Crippen LogP contribution in [0.3, 0.4) is 0 Å². The highest BCUT2D eigenvalue weighted by Gasteiger charge is 2.18. The maximum absolute atomic E-state index is 11.0. The maximum atomic E-state index is 11.0. The number of carbonyl (C=O) groups is 1. The summed E-state index contributed by atoms with van der Waals surface area (Å²) in [5, 5.41) is 0. The van der Waals surface area contributed by atoms with E-state index in [1.54, 1.807) is 6.92 Å². The summed E-state index contributed by atoms with van der Waals surface area (Å²) in [7, 11) is 1.21. The number of hydrogen-bond acceptors (Lipinski definition) is 4. The van der Waals surface area contributed by atoms with Crippen LogP contribution in [0.5, 0.6) is 0 Å². The Hall–Kier alpha value is -1.14. The molecule has 1 N–H and O–H groups in total. The fourth-order valence-electron chi connectivity index (χ4n) is 1.01. The van der Waals surface area contributed by atoms with Gasteiger partial charge in [0.2, 0.25) is 5.76 Å². The fraction of sp³-hybridized carbons (Fsp3) is 0.375. The zero-order valence-electron chi connectivity index (χ0n) is 7.77. The molecule has 1 aromatic rings. The zero-order valence-corrected chi connectivity index (χ0v) is 8.59. The van der Waals surface area contributed by atoms with Gasteiger partial charge < -0.3 is 13.7 Å². The predicted octanol–water partition coefficient (Wildman–Crippen LogP) is 1.21. The van der Waals surface area contributed by atoms with Gasteiger partial charge in [-0.15, -0.1) is 0 Å². The molecule has 0 aliphatic rings. The highest BCUT2D eigenvalue weighted by molar-refractivity contribution is 7.79. The molecule has 78 valence electrons. The molecule has 0 aliphatic carbocycles. The van der Waals surface area contributed by atoms with Crippen LogP contribution in [0.25, 0.3) is 0 Å². The first-order valence-electron chi connectivity index (χ1n) is 3.92. The van der Waals surface area contributed by atoms with Crippen LogP contribution >= 0.6 is 0 Å². The first-order chi connectivity index (χ1) is 6.60. The minimum Gasteiger partial charge on any atom is -0.463 e. The second-order valence-electron chi connectivity index (χ2n) is 2.49. The van der Waals surface area contributed by atoms with Gasteiger partial charge >= 0.3 is 5.97 Å². The van der Waals surface area contributed by atoms with Gasteiger partial charge in [0.1, 0.15) is 10.7 Å². The molecule has 0 bridgehead atoms. The molecule has 1 heterocycles. The lowest BCUT2D eigenvalue weighted by atomic mass is 10.3. The highest BCUT2D eigenvalue weighted by atomic mass is 32.2. The van der Waals surface area contributed by atoms with Gasteiger partial charge in [-0.2, -0.15) is 0 Å². The van der Waals surface area contributed by atoms with E-state index in [9.17, 15) is 9.00 Å². The number of aryl methyl sites for hydroxylation is 1. The van der Waals surface area contributed by atoms with E-state index in [1.165, 1.54) is 13.2 Å². The van der Waals surface area contributed by atoms with Gasteiger partial charge in [-0.25, -0.2) is 9.00 Å². The lowest BCUT2D eigenvalue weighted by Crippen LogP contribution is -1.98. The lowest BCUT2D eigenvalue weighted by molar-refractivity contribution is 0.0563. The summed E-state index contributed by atoms with van der Waals surface area (Å²) >= 11 is -2.14. The van der Waals surface area contributed by atoms with E-state index in [0.29, 0.717) is 12.2 Å². The van der Waals surface area contributed by atoms with Crippen molar-refractivity contribution in [2.45, 2.75) is 18.2 Å². The SMILES string of the molecule is CCc1oc(C(=O)OC)cc1S(=O)O. The number of furan rings is 1. The van der Waals surface area contributed by atoms with E-state index in [0.717, 1.165) is 0 Å². The Morgan fingerprint density at radius 1 is 1.71 bits per heavy atom. The maximum Gasteiger partial charge on any atom is 0.373 e. The lowest BCUT2D eigenvalue weighted by Gasteiger charge is -1.92. The summed E-state index contributed by atoms with van der Waals surface area (Å²) in [5.74, 6) is -0.385. The molecule has 0 aromatic carbocycles. The molecule has 0 saturated heterocycles. The highest BCUT2D eigenvalue weighted by Crippen LogP contribution is 2.19. The van der Waals surface area contributed by atoms with Gasteiger partial charge in [0.25, 0.3) is 0 Å². The predicted molar refractivity (Wildman–Crippen MR) is 48.5 cm³/mol. The number of hydrogen-bond donors (Lipinski definition) is 1. The molecule has 1 atom stereocenters. The summed E-state index contributed by atoms with van der Waals surface area (Å²) in [4.78, 5) is 11.1. The molecule has 0 fully saturated rings. The molecule has 5 nitrogen and oxygen atoms in total. The van der Waals surface area contributed by atoms with Gasteiger partial charge in [-0.3, -0.25) is 0 Å². The van der Waals surface area contributed by atoms with E-state index in [4.69, 9.17) is 8.97 Å². The number of esters is 1. The third-order valence-electron chi connectivity index (χ3n) is 1.67. The topological polar surface area (TPSA) is 76.7 Å². The van der Waals surface area contributed by atoms with Crippen molar-refractivity contribution in [1.29, 1.82) is 0 Å². The van der Waals surface area contributed by atoms with E-state index < -0.39 is 17.0 Å². The van der Waals surface area contributed by atoms with Crippen molar-refractivity contribution in [1.82, 2.24) is 0 Å². The molecule has 0 saturated carbocycles. The Kier molecular flexibility index (Phi) is 3.43. The molecule has 1 rings (SSSR count). The van der Waals surface area contributed by atoms with Crippen molar-refractivity contribution in [2.24, 2.45) is 0 Å². The van der Waals surface area contributed by atoms with E-state index in [2.05, 4.69) is 4.74 Å². The average Bonchev–Trinajstić information content (AvgIpc) is 2.60. The molecular formula is C8H10O5S. The van der Waals surface area contributed by atoms with Crippen molar-refractivity contribution in [3.63, 3.8) is 0 Å². The number of ether oxygens (including phenoxy) is 1. The summed E-state index contributed by atoms with van der Waals surface area (Å²) in [6.07, 6.45) is 0.443. The summed E-state index contributed by atoms with van der Waals surface area (Å²) in [5.41, 5.74) is 0. The number of rotatable bonds is 3. The monoisotopic (exact) mass is 218 g/mol. The van der Waals surface area contributed by atoms with Crippen LogP contribution in [0, 0.1) is 0 Å². The van der Waals surface area contributed by atoms with Crippen LogP contribution in [-0.2, 0) is 22.2 Å². The smallest absolute Gasteiger partial charge is 0.373 e. The van der Waals surface area contributed by atoms with Crippen molar-refractivity contribution in [3.8, 4) is 0 Å². The van der Waals surface area contributed by atoms with E-state index in [1.807, 2.05) is 0 Å². The number of methoxy groups -OCH3 is 1. The minimum absolute atomic E-state index is 0.0539. The molecule has 1 aromatic heterocycles. The molecule has 0 spiro atoms. The van der Waals surface area contributed by atoms with Crippen molar-refractivity contribution >= 4 is 17.0 Å². The van der Waals surface area contributed by atoms with Gasteiger partial charge in [-0.1, -0.05) is 6.92 Å². The fourth-order valence-corrected chi connectivity index (χ4v) is 1.60. The van der Waals surface area contributed by atoms with Crippen molar-refractivity contribution < 1.29 is 22.7 Å². The Balaban J connectivity index is 3.13. The van der Waals surface area contributed by atoms with Crippen molar-refractivity contribution in [2.75, 3.05) is 7.11 Å². The van der Waals surface area contributed by atoms with Gasteiger partial charge in [0.05, 0.1) is 7.11 Å². The minimum atomic E-state index is -2.14. The molecule has 0 aliphatic heterocycles. The molecule has 6 heteroatoms. The van der Waals surface area contributed by atoms with Crippen LogP contribution in [0.15, 0.2) is 15.4 Å². The second kappa shape index (κ2) is 4.39. The third kappa shape index (κ3) is 2.02. The quantitative estimate of drug-likeness (QED) is 0.609. The Labute approximate surface area is 83.3 Å². The van der Waals surface area contributed by atoms with Crippen molar-refractivity contribution in [3.05, 3.63) is 17.6 Å². The van der Waals surface area contributed by atoms with Crippen LogP contribution in [0.2, 0.25) is 0 Å². The van der Waals surface area contributed by atoms with Crippen LogP contribution in [0.4, 0.5) is 0 Å². The molecule has 1 unspecified atom stereocenters. The second-order valence-corrected chi connectivity index (χ2v) is 3.43. The molecule has 0 radical (unpaired) electrons. The standard InChI is InChI=1S/C8H10O5S/c1-3-5-7(14(10)11)4-6(13-5)8(9)12-2/h4H,3H2,1-2H3,(H,10,11). The molecular weight excluding hydrogens is 208 g/mol. The Morgan fingerprint density at radius 2 is 2.36 bits per heavy atom. The van der Waals surface area contributed by atoms with Crippen LogP contribution in [-0.4, -0.2) is 21.8 Å². The normalized spacial score (nSPS) is 12.5. The van der Waals surface area contributed by atoms with Gasteiger partial charge in [0, 0.05) is 12.5 Å². The van der Waals surface area contributed by atoms with Crippen LogP contribution in [0.1, 0.15) is 23.2 Å². The van der Waals surface area contributed by atoms with E-state index >= 15 is 0 Å². The van der Waals surface area contributed by atoms with E-state index in [-0.39, 0.29) is 10.7 Å². The van der Waals surface area contributed by atoms with Gasteiger partial charge in [-0.05, 0) is 0 Å². The molecule has 0 amide bonds. The Bertz CT molecular complexity index is 368. The Morgan fingerprint density at radius 3 is 2.71 bits per heavy atom. The van der Waals surface area contributed by atoms with Crippen LogP contribution < -0.4 is 0 Å². The first-order valence-corrected chi connectivity index (χ1v) is 5.02. The molecule has 14 heavy (non-hydrogen) atoms. The van der Waals surface area contributed by atoms with Gasteiger partial charge in [0.15, 0.2) is 11.1 Å². The summed E-state index contributed by atoms with van der Waals surface area (Å²) in [6.45, 7) is 1.76. The number of carbonyl (C=O) groups excluding carboxylic acids is 1. The third-order valence-corrected chi connectivity index (χ3v) is 2.39.